The van der Waals surface area contributed by atoms with Gasteiger partial charge >= 0.3 is 0 Å². The van der Waals surface area contributed by atoms with E-state index >= 15 is 0 Å². The highest BCUT2D eigenvalue weighted by atomic mass is 32.2. The predicted molar refractivity (Wildman–Crippen MR) is 99.2 cm³/mol. The van der Waals surface area contributed by atoms with Gasteiger partial charge in [0.1, 0.15) is 0 Å². The molecule has 25 heavy (non-hydrogen) atoms. The third-order valence-electron chi connectivity index (χ3n) is 4.64. The second kappa shape index (κ2) is 7.13. The van der Waals surface area contributed by atoms with Gasteiger partial charge in [-0.15, -0.1) is 0 Å². The lowest BCUT2D eigenvalue weighted by Gasteiger charge is -2.32. The molecule has 2 aliphatic heterocycles. The van der Waals surface area contributed by atoms with E-state index in [-0.39, 0.29) is 16.3 Å². The average Bonchev–Trinajstić information content (AvgIpc) is 2.99. The summed E-state index contributed by atoms with van der Waals surface area (Å²) in [7, 11) is -3.69. The molecule has 7 nitrogen and oxygen atoms in total. The molecule has 8 heteroatoms. The SMILES string of the molecule is CCN=C(NS(=O)(=O)c1ccc(C)cc1)N1CC2(C=N1)CCNCC2. The molecule has 1 spiro atoms. The highest BCUT2D eigenvalue weighted by Crippen LogP contribution is 2.32. The van der Waals surface area contributed by atoms with Crippen LogP contribution in [0.1, 0.15) is 25.3 Å². The van der Waals surface area contributed by atoms with Crippen LogP contribution in [-0.2, 0) is 10.0 Å². The van der Waals surface area contributed by atoms with E-state index in [9.17, 15) is 8.42 Å². The van der Waals surface area contributed by atoms with Crippen LogP contribution in [0.3, 0.4) is 0 Å². The van der Waals surface area contributed by atoms with E-state index < -0.39 is 10.0 Å². The summed E-state index contributed by atoms with van der Waals surface area (Å²) in [6.45, 7) is 6.84. The summed E-state index contributed by atoms with van der Waals surface area (Å²) < 4.78 is 28.0. The molecule has 0 amide bonds. The second-order valence-corrected chi connectivity index (χ2v) is 8.31. The fraction of sp³-hybridized carbons (Fsp3) is 0.529. The molecule has 0 atom stereocenters. The normalized spacial score (nSPS) is 20.2. The molecular weight excluding hydrogens is 338 g/mol. The first kappa shape index (κ1) is 17.9. The van der Waals surface area contributed by atoms with Crippen LogP contribution >= 0.6 is 0 Å². The lowest BCUT2D eigenvalue weighted by molar-refractivity contribution is 0.265. The molecule has 0 bridgehead atoms. The van der Waals surface area contributed by atoms with Crippen molar-refractivity contribution in [1.82, 2.24) is 15.0 Å². The summed E-state index contributed by atoms with van der Waals surface area (Å²) >= 11 is 0. The maximum atomic E-state index is 12.7. The number of piperidine rings is 1. The Bertz CT molecular complexity index is 765. The molecule has 0 aliphatic carbocycles. The molecule has 0 aromatic heterocycles. The number of nitrogens with zero attached hydrogens (tertiary/aromatic N) is 3. The molecule has 0 unspecified atom stereocenters. The first-order chi connectivity index (χ1) is 11.9. The van der Waals surface area contributed by atoms with Crippen molar-refractivity contribution in [2.24, 2.45) is 15.5 Å². The summed E-state index contributed by atoms with van der Waals surface area (Å²) in [5.74, 6) is 0.287. The number of hydrogen-bond acceptors (Lipinski definition) is 5. The molecule has 3 rings (SSSR count). The molecule has 1 fully saturated rings. The molecule has 0 saturated carbocycles. The molecule has 136 valence electrons. The zero-order chi connectivity index (χ0) is 17.9. The van der Waals surface area contributed by atoms with Crippen LogP contribution in [-0.4, -0.2) is 51.8 Å². The fourth-order valence-corrected chi connectivity index (χ4v) is 4.15. The molecule has 1 aromatic rings. The van der Waals surface area contributed by atoms with Gasteiger partial charge in [-0.1, -0.05) is 17.7 Å². The smallest absolute Gasteiger partial charge is 0.264 e. The monoisotopic (exact) mass is 363 g/mol. The van der Waals surface area contributed by atoms with E-state index in [1.807, 2.05) is 20.1 Å². The van der Waals surface area contributed by atoms with Crippen molar-refractivity contribution in [3.8, 4) is 0 Å². The Kier molecular flexibility index (Phi) is 5.10. The van der Waals surface area contributed by atoms with E-state index in [0.717, 1.165) is 31.5 Å². The molecular formula is C17H25N5O2S. The van der Waals surface area contributed by atoms with Crippen LogP contribution in [0.15, 0.2) is 39.3 Å². The van der Waals surface area contributed by atoms with Crippen molar-refractivity contribution in [1.29, 1.82) is 0 Å². The summed E-state index contributed by atoms with van der Waals surface area (Å²) in [5.41, 5.74) is 1.02. The Hall–Kier alpha value is -1.93. The highest BCUT2D eigenvalue weighted by Gasteiger charge is 2.38. The van der Waals surface area contributed by atoms with Gasteiger partial charge in [-0.25, -0.2) is 18.1 Å². The molecule has 0 radical (unpaired) electrons. The molecule has 2 aliphatic rings. The van der Waals surface area contributed by atoms with Gasteiger partial charge in [0, 0.05) is 18.2 Å². The minimum atomic E-state index is -3.69. The summed E-state index contributed by atoms with van der Waals surface area (Å²) in [4.78, 5) is 4.56. The number of hydrogen-bond donors (Lipinski definition) is 2. The first-order valence-electron chi connectivity index (χ1n) is 8.61. The van der Waals surface area contributed by atoms with Crippen molar-refractivity contribution in [2.45, 2.75) is 31.6 Å². The van der Waals surface area contributed by atoms with Crippen LogP contribution < -0.4 is 10.0 Å². The van der Waals surface area contributed by atoms with E-state index in [0.29, 0.717) is 13.1 Å². The molecule has 2 heterocycles. The Labute approximate surface area is 149 Å². The number of sulfonamides is 1. The largest absolute Gasteiger partial charge is 0.317 e. The number of aliphatic imine (C=N–C) groups is 1. The Morgan fingerprint density at radius 3 is 2.64 bits per heavy atom. The van der Waals surface area contributed by atoms with Gasteiger partial charge in [-0.3, -0.25) is 4.99 Å². The van der Waals surface area contributed by atoms with Crippen molar-refractivity contribution in [2.75, 3.05) is 26.2 Å². The van der Waals surface area contributed by atoms with Crippen LogP contribution in [0.5, 0.6) is 0 Å². The highest BCUT2D eigenvalue weighted by molar-refractivity contribution is 7.90. The van der Waals surface area contributed by atoms with Crippen molar-refractivity contribution in [3.63, 3.8) is 0 Å². The van der Waals surface area contributed by atoms with E-state index in [4.69, 9.17) is 0 Å². The lowest BCUT2D eigenvalue weighted by Crippen LogP contribution is -2.45. The minimum absolute atomic E-state index is 0.00899. The number of aryl methyl sites for hydroxylation is 1. The van der Waals surface area contributed by atoms with Crippen molar-refractivity contribution >= 4 is 22.2 Å². The van der Waals surface area contributed by atoms with Crippen LogP contribution in [0.4, 0.5) is 0 Å². The zero-order valence-electron chi connectivity index (χ0n) is 14.7. The number of benzene rings is 1. The maximum Gasteiger partial charge on any atom is 0.264 e. The average molecular weight is 363 g/mol. The summed E-state index contributed by atoms with van der Waals surface area (Å²) in [6, 6.07) is 6.76. The quantitative estimate of drug-likeness (QED) is 0.626. The van der Waals surface area contributed by atoms with Crippen molar-refractivity contribution < 1.29 is 8.42 Å². The van der Waals surface area contributed by atoms with Crippen LogP contribution in [0, 0.1) is 12.3 Å². The minimum Gasteiger partial charge on any atom is -0.317 e. The Balaban J connectivity index is 1.77. The first-order valence-corrected chi connectivity index (χ1v) is 10.1. The Morgan fingerprint density at radius 1 is 1.32 bits per heavy atom. The number of rotatable bonds is 3. The molecule has 2 N–H and O–H groups in total. The summed E-state index contributed by atoms with van der Waals surface area (Å²) in [5, 5.41) is 9.47. The van der Waals surface area contributed by atoms with E-state index in [2.05, 4.69) is 20.1 Å². The number of guanidine groups is 1. The van der Waals surface area contributed by atoms with Gasteiger partial charge in [0.15, 0.2) is 0 Å². The van der Waals surface area contributed by atoms with Crippen LogP contribution in [0.2, 0.25) is 0 Å². The van der Waals surface area contributed by atoms with Gasteiger partial charge in [-0.05, 0) is 51.9 Å². The third kappa shape index (κ3) is 4.01. The van der Waals surface area contributed by atoms with Gasteiger partial charge in [-0.2, -0.15) is 5.10 Å². The van der Waals surface area contributed by atoms with Gasteiger partial charge in [0.05, 0.1) is 11.4 Å². The summed E-state index contributed by atoms with van der Waals surface area (Å²) in [6.07, 6.45) is 3.95. The predicted octanol–water partition coefficient (Wildman–Crippen LogP) is 1.32. The molecule has 1 saturated heterocycles. The number of hydrazone groups is 1. The van der Waals surface area contributed by atoms with E-state index in [1.165, 1.54) is 0 Å². The third-order valence-corrected chi connectivity index (χ3v) is 5.99. The van der Waals surface area contributed by atoms with Gasteiger partial charge in [0.25, 0.3) is 10.0 Å². The standard InChI is InChI=1S/C17H25N5O2S/c1-3-19-16(21-25(23,24)15-6-4-14(2)5-7-15)22-13-17(12-20-22)8-10-18-11-9-17/h4-7,12,18H,3,8-11,13H2,1-2H3,(H,19,21). The fourth-order valence-electron chi connectivity index (χ4n) is 3.13. The Morgan fingerprint density at radius 2 is 2.00 bits per heavy atom. The second-order valence-electron chi connectivity index (χ2n) is 6.63. The van der Waals surface area contributed by atoms with Crippen LogP contribution in [0.25, 0.3) is 0 Å². The maximum absolute atomic E-state index is 12.7. The van der Waals surface area contributed by atoms with Gasteiger partial charge < -0.3 is 5.32 Å². The van der Waals surface area contributed by atoms with Gasteiger partial charge in [0.2, 0.25) is 5.96 Å². The topological polar surface area (TPSA) is 86.2 Å². The van der Waals surface area contributed by atoms with Crippen molar-refractivity contribution in [3.05, 3.63) is 29.8 Å². The lowest BCUT2D eigenvalue weighted by atomic mass is 9.81. The zero-order valence-corrected chi connectivity index (χ0v) is 15.5. The van der Waals surface area contributed by atoms with E-state index in [1.54, 1.807) is 29.3 Å². The number of nitrogens with one attached hydrogen (secondary N) is 2. The molecule has 1 aromatic carbocycles.